The first-order chi connectivity index (χ1) is 12.1. The van der Waals surface area contributed by atoms with Gasteiger partial charge in [-0.3, -0.25) is 0 Å². The van der Waals surface area contributed by atoms with Crippen LogP contribution in [-0.2, 0) is 11.3 Å². The number of rotatable bonds is 7. The molecule has 0 aliphatic carbocycles. The number of hydrogen-bond donors (Lipinski definition) is 2. The van der Waals surface area contributed by atoms with Crippen LogP contribution < -0.4 is 15.4 Å². The van der Waals surface area contributed by atoms with Crippen molar-refractivity contribution in [1.29, 1.82) is 0 Å². The van der Waals surface area contributed by atoms with Crippen LogP contribution in [0.1, 0.15) is 28.4 Å². The molecule has 2 aromatic carbocycles. The molecule has 0 saturated heterocycles. The van der Waals surface area contributed by atoms with Gasteiger partial charge in [-0.2, -0.15) is 0 Å². The lowest BCUT2D eigenvalue weighted by Gasteiger charge is -2.10. The van der Waals surface area contributed by atoms with Crippen molar-refractivity contribution >= 4 is 12.0 Å². The molecule has 2 rings (SSSR count). The van der Waals surface area contributed by atoms with Gasteiger partial charge in [0.1, 0.15) is 5.75 Å². The highest BCUT2D eigenvalue weighted by Gasteiger charge is 2.06. The van der Waals surface area contributed by atoms with E-state index < -0.39 is 0 Å². The second-order valence-corrected chi connectivity index (χ2v) is 5.38. The van der Waals surface area contributed by atoms with Gasteiger partial charge in [0.25, 0.3) is 0 Å². The van der Waals surface area contributed by atoms with E-state index in [0.717, 1.165) is 11.1 Å². The number of urea groups is 1. The molecule has 2 N–H and O–H groups in total. The summed E-state index contributed by atoms with van der Waals surface area (Å²) in [6, 6.07) is 14.1. The Morgan fingerprint density at radius 1 is 0.960 bits per heavy atom. The van der Waals surface area contributed by atoms with Crippen LogP contribution in [0.4, 0.5) is 4.79 Å². The van der Waals surface area contributed by atoms with Gasteiger partial charge in [-0.15, -0.1) is 0 Å². The number of carbonyl (C=O) groups excluding carboxylic acids is 2. The third-order valence-electron chi connectivity index (χ3n) is 3.41. The molecule has 6 heteroatoms. The molecule has 0 aromatic heterocycles. The number of benzene rings is 2. The Hall–Kier alpha value is -3.02. The molecule has 0 fully saturated rings. The fourth-order valence-corrected chi connectivity index (χ4v) is 2.04. The summed E-state index contributed by atoms with van der Waals surface area (Å²) in [5.41, 5.74) is 2.51. The molecular formula is C19H22N2O4. The van der Waals surface area contributed by atoms with Crippen LogP contribution in [0.2, 0.25) is 0 Å². The molecule has 132 valence electrons. The minimum Gasteiger partial charge on any atom is -0.473 e. The van der Waals surface area contributed by atoms with Crippen LogP contribution in [0.5, 0.6) is 5.75 Å². The van der Waals surface area contributed by atoms with Gasteiger partial charge in [0.2, 0.25) is 0 Å². The smallest absolute Gasteiger partial charge is 0.338 e. The summed E-state index contributed by atoms with van der Waals surface area (Å²) in [5.74, 6) is 0.341. The average Bonchev–Trinajstić information content (AvgIpc) is 2.62. The largest absolute Gasteiger partial charge is 0.473 e. The van der Waals surface area contributed by atoms with Gasteiger partial charge >= 0.3 is 12.0 Å². The van der Waals surface area contributed by atoms with Gasteiger partial charge in [-0.1, -0.05) is 29.8 Å². The summed E-state index contributed by atoms with van der Waals surface area (Å²) >= 11 is 0. The zero-order valence-corrected chi connectivity index (χ0v) is 14.4. The molecule has 0 bridgehead atoms. The highest BCUT2D eigenvalue weighted by Crippen LogP contribution is 2.10. The monoisotopic (exact) mass is 342 g/mol. The van der Waals surface area contributed by atoms with Crippen molar-refractivity contribution in [3.63, 3.8) is 0 Å². The molecule has 0 radical (unpaired) electrons. The fourth-order valence-electron chi connectivity index (χ4n) is 2.04. The maximum Gasteiger partial charge on any atom is 0.338 e. The van der Waals surface area contributed by atoms with Gasteiger partial charge < -0.3 is 20.1 Å². The molecule has 0 aliphatic heterocycles. The first kappa shape index (κ1) is 18.3. The standard InChI is InChI=1S/C19H22N2O4/c1-3-24-18(22)16-8-6-15(7-9-16)12-20-19(23)21-13-25-17-10-4-14(2)5-11-17/h4-11H,3,12-13H2,1-2H3,(H2,20,21,23). The molecule has 0 atom stereocenters. The molecule has 25 heavy (non-hydrogen) atoms. The third kappa shape index (κ3) is 6.18. The van der Waals surface area contributed by atoms with E-state index >= 15 is 0 Å². The van der Waals surface area contributed by atoms with Crippen molar-refractivity contribution in [2.45, 2.75) is 20.4 Å². The van der Waals surface area contributed by atoms with Crippen molar-refractivity contribution in [1.82, 2.24) is 10.6 Å². The van der Waals surface area contributed by atoms with Gasteiger partial charge in [0.15, 0.2) is 6.73 Å². The van der Waals surface area contributed by atoms with E-state index in [-0.39, 0.29) is 18.7 Å². The van der Waals surface area contributed by atoms with E-state index in [9.17, 15) is 9.59 Å². The zero-order valence-electron chi connectivity index (χ0n) is 14.4. The van der Waals surface area contributed by atoms with Crippen LogP contribution in [0.25, 0.3) is 0 Å². The predicted octanol–water partition coefficient (Wildman–Crippen LogP) is 3.01. The average molecular weight is 342 g/mol. The SMILES string of the molecule is CCOC(=O)c1ccc(CNC(=O)NCOc2ccc(C)cc2)cc1. The molecule has 0 spiro atoms. The van der Waals surface area contributed by atoms with E-state index in [1.165, 1.54) is 0 Å². The second kappa shape index (κ2) is 9.32. The minimum absolute atomic E-state index is 0.0801. The fraction of sp³-hybridized carbons (Fsp3) is 0.263. The first-order valence-electron chi connectivity index (χ1n) is 8.05. The quantitative estimate of drug-likeness (QED) is 0.599. The summed E-state index contributed by atoms with van der Waals surface area (Å²) in [6.45, 7) is 4.52. The summed E-state index contributed by atoms with van der Waals surface area (Å²) < 4.78 is 10.3. The van der Waals surface area contributed by atoms with Crippen molar-refractivity contribution < 1.29 is 19.1 Å². The lowest BCUT2D eigenvalue weighted by atomic mass is 10.1. The Bertz CT molecular complexity index is 696. The van der Waals surface area contributed by atoms with Crippen LogP contribution in [0, 0.1) is 6.92 Å². The Morgan fingerprint density at radius 3 is 2.28 bits per heavy atom. The predicted molar refractivity (Wildman–Crippen MR) is 94.4 cm³/mol. The van der Waals surface area contributed by atoms with E-state index in [1.54, 1.807) is 31.2 Å². The van der Waals surface area contributed by atoms with E-state index in [4.69, 9.17) is 9.47 Å². The molecule has 2 aromatic rings. The number of carbonyl (C=O) groups is 2. The summed E-state index contributed by atoms with van der Waals surface area (Å²) in [4.78, 5) is 23.3. The molecule has 0 saturated carbocycles. The highest BCUT2D eigenvalue weighted by atomic mass is 16.5. The zero-order chi connectivity index (χ0) is 18.1. The minimum atomic E-state index is -0.354. The van der Waals surface area contributed by atoms with Crippen molar-refractivity contribution in [3.05, 3.63) is 65.2 Å². The van der Waals surface area contributed by atoms with Crippen LogP contribution in [0.15, 0.2) is 48.5 Å². The second-order valence-electron chi connectivity index (χ2n) is 5.38. The van der Waals surface area contributed by atoms with Crippen LogP contribution in [0.3, 0.4) is 0 Å². The lowest BCUT2D eigenvalue weighted by Crippen LogP contribution is -2.37. The number of amides is 2. The number of hydrogen-bond acceptors (Lipinski definition) is 4. The Balaban J connectivity index is 1.70. The molecular weight excluding hydrogens is 320 g/mol. The molecule has 0 aliphatic rings. The number of ether oxygens (including phenoxy) is 2. The molecule has 0 heterocycles. The third-order valence-corrected chi connectivity index (χ3v) is 3.41. The van der Waals surface area contributed by atoms with Crippen LogP contribution in [-0.4, -0.2) is 25.3 Å². The van der Waals surface area contributed by atoms with Gasteiger partial charge in [0.05, 0.1) is 12.2 Å². The van der Waals surface area contributed by atoms with E-state index in [0.29, 0.717) is 24.5 Å². The van der Waals surface area contributed by atoms with E-state index in [2.05, 4.69) is 10.6 Å². The highest BCUT2D eigenvalue weighted by molar-refractivity contribution is 5.89. The topological polar surface area (TPSA) is 76.7 Å². The maximum atomic E-state index is 11.7. The molecule has 6 nitrogen and oxygen atoms in total. The number of aryl methyl sites for hydroxylation is 1. The molecule has 2 amide bonds. The van der Waals surface area contributed by atoms with Crippen molar-refractivity contribution in [2.24, 2.45) is 0 Å². The Kier molecular flexibility index (Phi) is 6.83. The summed E-state index contributed by atoms with van der Waals surface area (Å²) in [6.07, 6.45) is 0. The normalized spacial score (nSPS) is 10.0. The number of nitrogens with one attached hydrogen (secondary N) is 2. The van der Waals surface area contributed by atoms with Crippen molar-refractivity contribution in [2.75, 3.05) is 13.3 Å². The Labute approximate surface area is 147 Å². The van der Waals surface area contributed by atoms with Gasteiger partial charge in [-0.25, -0.2) is 9.59 Å². The lowest BCUT2D eigenvalue weighted by molar-refractivity contribution is 0.0526. The van der Waals surface area contributed by atoms with Gasteiger partial charge in [0, 0.05) is 6.54 Å². The summed E-state index contributed by atoms with van der Waals surface area (Å²) in [5, 5.41) is 5.34. The maximum absolute atomic E-state index is 11.7. The molecule has 0 unspecified atom stereocenters. The van der Waals surface area contributed by atoms with Crippen molar-refractivity contribution in [3.8, 4) is 5.75 Å². The summed E-state index contributed by atoms with van der Waals surface area (Å²) in [7, 11) is 0. The first-order valence-corrected chi connectivity index (χ1v) is 8.05. The van der Waals surface area contributed by atoms with Crippen LogP contribution >= 0.6 is 0 Å². The van der Waals surface area contributed by atoms with Gasteiger partial charge in [-0.05, 0) is 43.7 Å². The van der Waals surface area contributed by atoms with E-state index in [1.807, 2.05) is 31.2 Å². The Morgan fingerprint density at radius 2 is 1.64 bits per heavy atom. The number of esters is 1.